The van der Waals surface area contributed by atoms with E-state index in [0.717, 1.165) is 20.4 Å². The minimum atomic E-state index is 0.0516. The first-order valence-electron chi connectivity index (χ1n) is 4.76. The number of ether oxygens (including phenoxy) is 1. The van der Waals surface area contributed by atoms with Gasteiger partial charge in [-0.1, -0.05) is 0 Å². The molecule has 0 atom stereocenters. The molecule has 2 rings (SSSR count). The maximum atomic E-state index is 11.8. The summed E-state index contributed by atoms with van der Waals surface area (Å²) < 4.78 is 7.31. The molecule has 1 heterocycles. The van der Waals surface area contributed by atoms with Crippen molar-refractivity contribution in [2.75, 3.05) is 6.61 Å². The summed E-state index contributed by atoms with van der Waals surface area (Å²) in [5, 5.41) is 0. The van der Waals surface area contributed by atoms with Crippen LogP contribution in [0, 0.1) is 0 Å². The lowest BCUT2D eigenvalue weighted by Gasteiger charge is -2.24. The molecule has 2 nitrogen and oxygen atoms in total. The van der Waals surface area contributed by atoms with Gasteiger partial charge in [0.25, 0.3) is 0 Å². The maximum absolute atomic E-state index is 11.8. The van der Waals surface area contributed by atoms with Gasteiger partial charge in [-0.05, 0) is 57.2 Å². The number of hydrogen-bond acceptors (Lipinski definition) is 3. The summed E-state index contributed by atoms with van der Waals surface area (Å²) in [4.78, 5) is 11.8. The Morgan fingerprint density at radius 2 is 2.27 bits per heavy atom. The third kappa shape index (κ3) is 2.90. The molecular formula is C10H10Br2O2S. The molecule has 0 aromatic carbocycles. The zero-order chi connectivity index (χ0) is 10.8. The lowest BCUT2D eigenvalue weighted by atomic mass is 9.96. The van der Waals surface area contributed by atoms with E-state index in [1.165, 1.54) is 17.8 Å². The summed E-state index contributed by atoms with van der Waals surface area (Å²) in [6, 6.07) is 1.83. The molecule has 0 N–H and O–H groups in total. The van der Waals surface area contributed by atoms with Gasteiger partial charge in [0, 0.05) is 5.56 Å². The molecule has 0 amide bonds. The molecule has 0 aliphatic heterocycles. The average molecular weight is 354 g/mol. The Morgan fingerprint density at radius 3 is 2.73 bits per heavy atom. The highest BCUT2D eigenvalue weighted by atomic mass is 79.9. The van der Waals surface area contributed by atoms with Crippen molar-refractivity contribution in [3.05, 3.63) is 19.2 Å². The molecule has 0 unspecified atom stereocenters. The second-order valence-corrected chi connectivity index (χ2v) is 7.27. The Kier molecular flexibility index (Phi) is 3.98. The summed E-state index contributed by atoms with van der Waals surface area (Å²) in [6.45, 7) is 0.201. The van der Waals surface area contributed by atoms with Crippen molar-refractivity contribution in [2.45, 2.75) is 25.4 Å². The normalized spacial score (nSPS) is 16.4. The van der Waals surface area contributed by atoms with Crippen molar-refractivity contribution in [1.82, 2.24) is 0 Å². The van der Waals surface area contributed by atoms with Crippen LogP contribution in [-0.4, -0.2) is 18.5 Å². The van der Waals surface area contributed by atoms with E-state index in [1.807, 2.05) is 6.07 Å². The highest BCUT2D eigenvalue weighted by Crippen LogP contribution is 2.32. The molecule has 0 spiro atoms. The van der Waals surface area contributed by atoms with Gasteiger partial charge in [0.15, 0.2) is 5.78 Å². The Labute approximate surface area is 109 Å². The lowest BCUT2D eigenvalue weighted by Crippen LogP contribution is -2.24. The van der Waals surface area contributed by atoms with Crippen LogP contribution in [0.1, 0.15) is 29.6 Å². The summed E-state index contributed by atoms with van der Waals surface area (Å²) in [7, 11) is 0. The molecule has 1 aliphatic carbocycles. The fourth-order valence-corrected chi connectivity index (χ4v) is 4.19. The van der Waals surface area contributed by atoms with E-state index in [2.05, 4.69) is 31.9 Å². The molecule has 15 heavy (non-hydrogen) atoms. The molecule has 82 valence electrons. The van der Waals surface area contributed by atoms with Crippen LogP contribution in [0.3, 0.4) is 0 Å². The van der Waals surface area contributed by atoms with E-state index >= 15 is 0 Å². The number of rotatable bonds is 4. The van der Waals surface area contributed by atoms with Crippen molar-refractivity contribution in [3.8, 4) is 0 Å². The van der Waals surface area contributed by atoms with Gasteiger partial charge in [-0.25, -0.2) is 0 Å². The maximum Gasteiger partial charge on any atom is 0.190 e. The minimum absolute atomic E-state index is 0.0516. The monoisotopic (exact) mass is 352 g/mol. The topological polar surface area (TPSA) is 26.3 Å². The van der Waals surface area contributed by atoms with E-state index < -0.39 is 0 Å². The second-order valence-electron chi connectivity index (χ2n) is 3.52. The molecule has 5 heteroatoms. The van der Waals surface area contributed by atoms with Crippen LogP contribution >= 0.6 is 43.2 Å². The van der Waals surface area contributed by atoms with Gasteiger partial charge in [0.1, 0.15) is 6.61 Å². The van der Waals surface area contributed by atoms with Crippen LogP contribution in [-0.2, 0) is 4.74 Å². The van der Waals surface area contributed by atoms with Crippen LogP contribution in [0.4, 0.5) is 0 Å². The Balaban J connectivity index is 1.92. The molecule has 0 bridgehead atoms. The van der Waals surface area contributed by atoms with E-state index in [-0.39, 0.29) is 12.4 Å². The first-order valence-corrected chi connectivity index (χ1v) is 7.16. The van der Waals surface area contributed by atoms with Crippen molar-refractivity contribution >= 4 is 49.0 Å². The zero-order valence-electron chi connectivity index (χ0n) is 7.96. The van der Waals surface area contributed by atoms with Crippen LogP contribution in [0.15, 0.2) is 13.6 Å². The fourth-order valence-electron chi connectivity index (χ4n) is 1.34. The molecular weight excluding hydrogens is 344 g/mol. The first kappa shape index (κ1) is 11.8. The number of halogens is 2. The van der Waals surface area contributed by atoms with Crippen molar-refractivity contribution in [2.24, 2.45) is 0 Å². The van der Waals surface area contributed by atoms with Gasteiger partial charge < -0.3 is 4.74 Å². The number of thiophene rings is 1. The Hall–Kier alpha value is 0.290. The smallest absolute Gasteiger partial charge is 0.190 e. The van der Waals surface area contributed by atoms with Gasteiger partial charge in [0.2, 0.25) is 0 Å². The van der Waals surface area contributed by atoms with E-state index in [4.69, 9.17) is 4.74 Å². The predicted octanol–water partition coefficient (Wildman–Crippen LogP) is 4.02. The van der Waals surface area contributed by atoms with Gasteiger partial charge in [-0.15, -0.1) is 11.3 Å². The van der Waals surface area contributed by atoms with Gasteiger partial charge >= 0.3 is 0 Å². The molecule has 0 radical (unpaired) electrons. The Bertz CT molecular complexity index is 371. The third-order valence-corrected chi connectivity index (χ3v) is 4.80. The number of Topliss-reactive ketones (excluding diaryl/α,β-unsaturated/α-hetero) is 1. The Morgan fingerprint density at radius 1 is 1.53 bits per heavy atom. The molecule has 1 aliphatic rings. The van der Waals surface area contributed by atoms with Gasteiger partial charge in [-0.3, -0.25) is 4.79 Å². The predicted molar refractivity (Wildman–Crippen MR) is 67.6 cm³/mol. The van der Waals surface area contributed by atoms with E-state index in [0.29, 0.717) is 11.7 Å². The standard InChI is InChI=1S/C10H10Br2O2S/c11-9-4-7(10(12)15-9)8(13)5-14-6-2-1-3-6/h4,6H,1-3,5H2. The van der Waals surface area contributed by atoms with Gasteiger partial charge in [-0.2, -0.15) is 0 Å². The minimum Gasteiger partial charge on any atom is -0.370 e. The summed E-state index contributed by atoms with van der Waals surface area (Å²) >= 11 is 8.23. The summed E-state index contributed by atoms with van der Waals surface area (Å²) in [6.07, 6.45) is 3.74. The van der Waals surface area contributed by atoms with Crippen LogP contribution < -0.4 is 0 Å². The number of hydrogen-bond donors (Lipinski definition) is 0. The van der Waals surface area contributed by atoms with Crippen LogP contribution in [0.5, 0.6) is 0 Å². The average Bonchev–Trinajstić information content (AvgIpc) is 2.42. The fraction of sp³-hybridized carbons (Fsp3) is 0.500. The van der Waals surface area contributed by atoms with Crippen LogP contribution in [0.2, 0.25) is 0 Å². The number of carbonyl (C=O) groups is 1. The molecule has 1 saturated carbocycles. The second kappa shape index (κ2) is 5.08. The number of ketones is 1. The van der Waals surface area contributed by atoms with Gasteiger partial charge in [0.05, 0.1) is 13.7 Å². The third-order valence-electron chi connectivity index (χ3n) is 2.46. The zero-order valence-corrected chi connectivity index (χ0v) is 12.0. The van der Waals surface area contributed by atoms with E-state index in [1.54, 1.807) is 0 Å². The largest absolute Gasteiger partial charge is 0.370 e. The van der Waals surface area contributed by atoms with E-state index in [9.17, 15) is 4.79 Å². The molecule has 1 aromatic heterocycles. The summed E-state index contributed by atoms with van der Waals surface area (Å²) in [5.74, 6) is 0.0516. The van der Waals surface area contributed by atoms with Crippen molar-refractivity contribution in [1.29, 1.82) is 0 Å². The quantitative estimate of drug-likeness (QED) is 0.764. The highest BCUT2D eigenvalue weighted by Gasteiger charge is 2.20. The lowest BCUT2D eigenvalue weighted by molar-refractivity contribution is 0.00730. The first-order chi connectivity index (χ1) is 7.16. The van der Waals surface area contributed by atoms with Crippen molar-refractivity contribution in [3.63, 3.8) is 0 Å². The molecule has 0 saturated heterocycles. The van der Waals surface area contributed by atoms with Crippen molar-refractivity contribution < 1.29 is 9.53 Å². The van der Waals surface area contributed by atoms with Crippen LogP contribution in [0.25, 0.3) is 0 Å². The highest BCUT2D eigenvalue weighted by molar-refractivity contribution is 9.12. The molecule has 1 aromatic rings. The number of carbonyl (C=O) groups excluding carboxylic acids is 1. The summed E-state index contributed by atoms with van der Waals surface area (Å²) in [5.41, 5.74) is 0.714. The SMILES string of the molecule is O=C(COC1CCC1)c1cc(Br)sc1Br. The molecule has 1 fully saturated rings.